The molecule has 38 heavy (non-hydrogen) atoms. The molecule has 0 bridgehead atoms. The van der Waals surface area contributed by atoms with Crippen molar-refractivity contribution in [1.29, 1.82) is 0 Å². The second kappa shape index (κ2) is 12.6. The average Bonchev–Trinajstić information content (AvgIpc) is 2.87. The maximum absolute atomic E-state index is 13.9. The first-order valence-electron chi connectivity index (χ1n) is 12.0. The van der Waals surface area contributed by atoms with E-state index in [4.69, 9.17) is 10.6 Å². The number of non-ortho nitro benzene ring substituents is 1. The summed E-state index contributed by atoms with van der Waals surface area (Å²) in [5.74, 6) is 2.38. The molecule has 1 aromatic heterocycles. The Bertz CT molecular complexity index is 1390. The summed E-state index contributed by atoms with van der Waals surface area (Å²) in [6.07, 6.45) is 10.6. The van der Waals surface area contributed by atoms with Gasteiger partial charge in [-0.05, 0) is 24.1 Å². The molecule has 1 aromatic carbocycles. The van der Waals surface area contributed by atoms with Crippen LogP contribution >= 0.6 is 0 Å². The Morgan fingerprint density at radius 2 is 1.79 bits per heavy atom. The molecule has 1 saturated heterocycles. The van der Waals surface area contributed by atoms with Crippen molar-refractivity contribution in [3.8, 4) is 12.3 Å². The number of rotatable bonds is 12. The number of pyridine rings is 1. The Kier molecular flexibility index (Phi) is 9.80. The van der Waals surface area contributed by atoms with Gasteiger partial charge < -0.3 is 4.90 Å². The molecular weight excluding hydrogens is 534 g/mol. The molecule has 3 rings (SSSR count). The molecule has 1 aliphatic rings. The standard InChI is InChI=1S/C24H31N5O7S2/c1-4-10-27(15-16-36-37(3,32)33)24-21(5-2)17-22(29(30)31)18-23(24)38(34,35)28-13-11-26(12-14-28)19-20-6-8-25-9-7-20/h2,6-9,17-18H,4,10-16,19H2,1,3H3. The zero-order valence-corrected chi connectivity index (χ0v) is 22.9. The molecule has 14 heteroatoms. The summed E-state index contributed by atoms with van der Waals surface area (Å²) in [4.78, 5) is 18.4. The van der Waals surface area contributed by atoms with Gasteiger partial charge in [-0.3, -0.25) is 24.2 Å². The summed E-state index contributed by atoms with van der Waals surface area (Å²) in [6.45, 7) is 3.90. The topological polar surface area (TPSA) is 143 Å². The third kappa shape index (κ3) is 7.49. The molecular formula is C24H31N5O7S2. The Morgan fingerprint density at radius 1 is 1.13 bits per heavy atom. The second-order valence-corrected chi connectivity index (χ2v) is 12.3. The van der Waals surface area contributed by atoms with Crippen molar-refractivity contribution < 1.29 is 25.9 Å². The molecule has 12 nitrogen and oxygen atoms in total. The van der Waals surface area contributed by atoms with Crippen LogP contribution in [0.3, 0.4) is 0 Å². The number of hydrogen-bond donors (Lipinski definition) is 0. The van der Waals surface area contributed by atoms with Crippen molar-refractivity contribution in [2.75, 3.05) is 57.0 Å². The molecule has 0 saturated carbocycles. The number of nitro groups is 1. The lowest BCUT2D eigenvalue weighted by Gasteiger charge is -2.35. The molecule has 0 radical (unpaired) electrons. The zero-order valence-electron chi connectivity index (χ0n) is 21.3. The first-order valence-corrected chi connectivity index (χ1v) is 15.2. The predicted molar refractivity (Wildman–Crippen MR) is 143 cm³/mol. The van der Waals surface area contributed by atoms with Crippen LogP contribution < -0.4 is 4.90 Å². The molecule has 206 valence electrons. The van der Waals surface area contributed by atoms with Crippen LogP contribution in [0.2, 0.25) is 0 Å². The highest BCUT2D eigenvalue weighted by Gasteiger charge is 2.34. The molecule has 0 unspecified atom stereocenters. The van der Waals surface area contributed by atoms with Crippen LogP contribution in [-0.4, -0.2) is 88.1 Å². The van der Waals surface area contributed by atoms with Gasteiger partial charge in [-0.25, -0.2) is 8.42 Å². The largest absolute Gasteiger partial charge is 0.367 e. The van der Waals surface area contributed by atoms with Gasteiger partial charge in [0, 0.05) is 70.3 Å². The highest BCUT2D eigenvalue weighted by Crippen LogP contribution is 2.36. The van der Waals surface area contributed by atoms with Gasteiger partial charge in [0.1, 0.15) is 4.90 Å². The third-order valence-electron chi connectivity index (χ3n) is 6.00. The molecule has 2 heterocycles. The van der Waals surface area contributed by atoms with E-state index >= 15 is 0 Å². The van der Waals surface area contributed by atoms with Crippen LogP contribution in [-0.2, 0) is 30.9 Å². The number of anilines is 1. The Labute approximate surface area is 223 Å². The summed E-state index contributed by atoms with van der Waals surface area (Å²) >= 11 is 0. The number of sulfonamides is 1. The smallest absolute Gasteiger partial charge is 0.272 e. The van der Waals surface area contributed by atoms with E-state index in [0.29, 0.717) is 32.6 Å². The monoisotopic (exact) mass is 565 g/mol. The van der Waals surface area contributed by atoms with Gasteiger partial charge >= 0.3 is 0 Å². The summed E-state index contributed by atoms with van der Waals surface area (Å²) in [6, 6.07) is 5.97. The average molecular weight is 566 g/mol. The van der Waals surface area contributed by atoms with Gasteiger partial charge in [0.05, 0.1) is 29.0 Å². The van der Waals surface area contributed by atoms with Crippen LogP contribution in [0.1, 0.15) is 24.5 Å². The summed E-state index contributed by atoms with van der Waals surface area (Å²) in [5.41, 5.74) is 0.765. The highest BCUT2D eigenvalue weighted by molar-refractivity contribution is 7.89. The number of benzene rings is 1. The first kappa shape index (κ1) is 29.5. The quantitative estimate of drug-likeness (QED) is 0.161. The van der Waals surface area contributed by atoms with Gasteiger partial charge in [-0.15, -0.1) is 6.42 Å². The normalized spacial score (nSPS) is 15.2. The van der Waals surface area contributed by atoms with E-state index < -0.39 is 30.8 Å². The number of aromatic nitrogens is 1. The van der Waals surface area contributed by atoms with Crippen molar-refractivity contribution in [2.45, 2.75) is 24.8 Å². The van der Waals surface area contributed by atoms with Crippen molar-refractivity contribution in [3.05, 3.63) is 57.9 Å². The van der Waals surface area contributed by atoms with E-state index in [0.717, 1.165) is 24.0 Å². The fourth-order valence-electron chi connectivity index (χ4n) is 4.25. The fourth-order valence-corrected chi connectivity index (χ4v) is 6.30. The van der Waals surface area contributed by atoms with E-state index in [9.17, 15) is 26.9 Å². The number of terminal acetylenes is 1. The molecule has 1 fully saturated rings. The minimum absolute atomic E-state index is 0.00956. The Balaban J connectivity index is 1.96. The lowest BCUT2D eigenvalue weighted by molar-refractivity contribution is -0.385. The van der Waals surface area contributed by atoms with Crippen LogP contribution in [0.15, 0.2) is 41.6 Å². The number of nitrogens with zero attached hydrogens (tertiary/aromatic N) is 5. The van der Waals surface area contributed by atoms with E-state index in [1.807, 2.05) is 19.1 Å². The summed E-state index contributed by atoms with van der Waals surface area (Å²) in [5, 5.41) is 11.6. The lowest BCUT2D eigenvalue weighted by atomic mass is 10.1. The molecule has 0 amide bonds. The number of piperazine rings is 1. The molecule has 0 atom stereocenters. The third-order valence-corrected chi connectivity index (χ3v) is 8.51. The van der Waals surface area contributed by atoms with E-state index in [1.54, 1.807) is 17.3 Å². The predicted octanol–water partition coefficient (Wildman–Crippen LogP) is 1.67. The minimum Gasteiger partial charge on any atom is -0.367 e. The number of hydrogen-bond acceptors (Lipinski definition) is 10. The van der Waals surface area contributed by atoms with Gasteiger partial charge in [0.2, 0.25) is 10.0 Å². The van der Waals surface area contributed by atoms with Crippen LogP contribution in [0, 0.1) is 22.5 Å². The number of nitro benzene ring substituents is 1. The van der Waals surface area contributed by atoms with E-state index in [-0.39, 0.29) is 42.4 Å². The molecule has 1 aliphatic heterocycles. The van der Waals surface area contributed by atoms with Crippen molar-refractivity contribution in [2.24, 2.45) is 0 Å². The second-order valence-electron chi connectivity index (χ2n) is 8.79. The highest BCUT2D eigenvalue weighted by atomic mass is 32.2. The SMILES string of the molecule is C#Cc1cc([N+](=O)[O-])cc(S(=O)(=O)N2CCN(Cc3ccncc3)CC2)c1N(CCC)CCOS(C)(=O)=O. The van der Waals surface area contributed by atoms with E-state index in [1.165, 1.54) is 4.31 Å². The van der Waals surface area contributed by atoms with Crippen LogP contribution in [0.5, 0.6) is 0 Å². The van der Waals surface area contributed by atoms with Gasteiger partial charge in [0.15, 0.2) is 0 Å². The van der Waals surface area contributed by atoms with Gasteiger partial charge in [-0.1, -0.05) is 12.8 Å². The van der Waals surface area contributed by atoms with Crippen molar-refractivity contribution in [3.63, 3.8) is 0 Å². The molecule has 0 N–H and O–H groups in total. The molecule has 0 spiro atoms. The lowest BCUT2D eigenvalue weighted by Crippen LogP contribution is -2.48. The van der Waals surface area contributed by atoms with Gasteiger partial charge in [-0.2, -0.15) is 12.7 Å². The van der Waals surface area contributed by atoms with Crippen LogP contribution in [0.25, 0.3) is 0 Å². The van der Waals surface area contributed by atoms with E-state index in [2.05, 4.69) is 15.8 Å². The first-order chi connectivity index (χ1) is 18.0. The Morgan fingerprint density at radius 3 is 2.34 bits per heavy atom. The van der Waals surface area contributed by atoms with Gasteiger partial charge in [0.25, 0.3) is 15.8 Å². The minimum atomic E-state index is -4.20. The zero-order chi connectivity index (χ0) is 27.9. The Hall–Kier alpha value is -3.09. The molecule has 0 aliphatic carbocycles. The van der Waals surface area contributed by atoms with Crippen LogP contribution in [0.4, 0.5) is 11.4 Å². The maximum Gasteiger partial charge on any atom is 0.272 e. The maximum atomic E-state index is 13.9. The van der Waals surface area contributed by atoms with Crippen molar-refractivity contribution >= 4 is 31.5 Å². The van der Waals surface area contributed by atoms with Crippen molar-refractivity contribution in [1.82, 2.24) is 14.2 Å². The fraction of sp³-hybridized carbons (Fsp3) is 0.458. The molecule has 2 aromatic rings. The summed E-state index contributed by atoms with van der Waals surface area (Å²) in [7, 11) is -7.92. The summed E-state index contributed by atoms with van der Waals surface area (Å²) < 4.78 is 56.9.